The van der Waals surface area contributed by atoms with Crippen LogP contribution >= 0.6 is 0 Å². The van der Waals surface area contributed by atoms with Crippen LogP contribution in [0.1, 0.15) is 35.8 Å². The number of fused-ring (bicyclic) bond motifs is 1. The van der Waals surface area contributed by atoms with Crippen molar-refractivity contribution >= 4 is 16.6 Å². The molecule has 2 aromatic heterocycles. The van der Waals surface area contributed by atoms with Crippen LogP contribution in [-0.4, -0.2) is 69.0 Å². The average molecular weight is 504 g/mol. The Morgan fingerprint density at radius 3 is 2.68 bits per heavy atom. The molecule has 4 aromatic rings. The van der Waals surface area contributed by atoms with E-state index in [1.54, 1.807) is 16.8 Å². The van der Waals surface area contributed by atoms with Crippen molar-refractivity contribution in [3.05, 3.63) is 81.7 Å². The minimum atomic E-state index is -0.416. The molecule has 2 atom stereocenters. The number of benzene rings is 2. The normalized spacial score (nSPS) is 19.5. The highest BCUT2D eigenvalue weighted by atomic mass is 19.1. The summed E-state index contributed by atoms with van der Waals surface area (Å²) in [5.74, 6) is 0.398. The first-order valence-electron chi connectivity index (χ1n) is 12.8. The molecule has 1 N–H and O–H groups in total. The average Bonchev–Trinajstić information content (AvgIpc) is 3.59. The number of ether oxygens (including phenoxy) is 1. The maximum Gasteiger partial charge on any atom is 0.253 e. The van der Waals surface area contributed by atoms with Gasteiger partial charge in [0.15, 0.2) is 5.82 Å². The Kier molecular flexibility index (Phi) is 6.43. The summed E-state index contributed by atoms with van der Waals surface area (Å²) < 4.78 is 21.1. The number of nitrogens with zero attached hydrogens (tertiary/aromatic N) is 6. The van der Waals surface area contributed by atoms with Gasteiger partial charge in [-0.15, -0.1) is 5.10 Å². The molecule has 192 valence electrons. The molecule has 0 spiro atoms. The maximum absolute atomic E-state index is 13.4. The van der Waals surface area contributed by atoms with Gasteiger partial charge in [0, 0.05) is 49.6 Å². The van der Waals surface area contributed by atoms with Crippen LogP contribution in [0.25, 0.3) is 10.9 Å². The highest BCUT2D eigenvalue weighted by Gasteiger charge is 2.33. The van der Waals surface area contributed by atoms with E-state index in [2.05, 4.69) is 36.4 Å². The van der Waals surface area contributed by atoms with E-state index in [0.29, 0.717) is 31.0 Å². The van der Waals surface area contributed by atoms with Gasteiger partial charge in [0.1, 0.15) is 11.9 Å². The molecule has 37 heavy (non-hydrogen) atoms. The Bertz CT molecular complexity index is 1440. The predicted molar refractivity (Wildman–Crippen MR) is 138 cm³/mol. The third-order valence-corrected chi connectivity index (χ3v) is 7.40. The van der Waals surface area contributed by atoms with Crippen molar-refractivity contribution in [3.63, 3.8) is 0 Å². The van der Waals surface area contributed by atoms with Gasteiger partial charge in [-0.05, 0) is 78.0 Å². The fraction of sp³-hybridized carbons (Fsp3) is 0.407. The number of aromatic amines is 1. The number of aryl methyl sites for hydroxylation is 1. The van der Waals surface area contributed by atoms with Crippen LogP contribution in [-0.2, 0) is 11.3 Å². The highest BCUT2D eigenvalue weighted by molar-refractivity contribution is 5.79. The summed E-state index contributed by atoms with van der Waals surface area (Å²) in [7, 11) is 0. The van der Waals surface area contributed by atoms with E-state index in [-0.39, 0.29) is 17.5 Å². The molecule has 10 heteroatoms. The molecule has 2 aliphatic heterocycles. The number of hydrogen-bond donors (Lipinski definition) is 1. The fourth-order valence-corrected chi connectivity index (χ4v) is 5.45. The zero-order valence-electron chi connectivity index (χ0n) is 20.8. The molecular weight excluding hydrogens is 473 g/mol. The van der Waals surface area contributed by atoms with E-state index in [4.69, 9.17) is 4.74 Å². The van der Waals surface area contributed by atoms with Crippen molar-refractivity contribution in [1.29, 1.82) is 0 Å². The van der Waals surface area contributed by atoms with Crippen molar-refractivity contribution in [3.8, 4) is 0 Å². The number of pyridine rings is 1. The number of rotatable bonds is 6. The Balaban J connectivity index is 1.36. The number of halogens is 1. The number of nitrogens with one attached hydrogen (secondary N) is 1. The lowest BCUT2D eigenvalue weighted by Gasteiger charge is -2.39. The molecule has 2 unspecified atom stereocenters. The first kappa shape index (κ1) is 23.7. The molecule has 0 bridgehead atoms. The number of piperazine rings is 1. The van der Waals surface area contributed by atoms with E-state index in [1.165, 1.54) is 12.1 Å². The summed E-state index contributed by atoms with van der Waals surface area (Å²) in [5, 5.41) is 13.7. The third-order valence-electron chi connectivity index (χ3n) is 7.40. The van der Waals surface area contributed by atoms with Crippen LogP contribution < -0.4 is 10.5 Å². The molecule has 0 aliphatic carbocycles. The lowest BCUT2D eigenvalue weighted by molar-refractivity contribution is 0.0906. The van der Waals surface area contributed by atoms with E-state index >= 15 is 0 Å². The highest BCUT2D eigenvalue weighted by Crippen LogP contribution is 2.29. The number of aromatic nitrogens is 5. The zero-order valence-corrected chi connectivity index (χ0v) is 20.8. The molecule has 0 saturated carbocycles. The fourth-order valence-electron chi connectivity index (χ4n) is 5.45. The van der Waals surface area contributed by atoms with Crippen LogP contribution in [0.2, 0.25) is 0 Å². The molecule has 2 fully saturated rings. The van der Waals surface area contributed by atoms with Gasteiger partial charge in [-0.2, -0.15) is 0 Å². The first-order chi connectivity index (χ1) is 18.0. The van der Waals surface area contributed by atoms with Crippen LogP contribution in [0.15, 0.2) is 53.3 Å². The molecule has 0 radical (unpaired) electrons. The molecule has 2 saturated heterocycles. The SMILES string of the molecule is Cc1ccc2[nH]c(=O)c(C(c3nnnn3CC3CCCO3)N3CCN(c4ccc(F)cc4)CC3)cc2c1. The van der Waals surface area contributed by atoms with Gasteiger partial charge >= 0.3 is 0 Å². The summed E-state index contributed by atoms with van der Waals surface area (Å²) in [4.78, 5) is 21.0. The minimum absolute atomic E-state index is 0.0655. The van der Waals surface area contributed by atoms with Crippen molar-refractivity contribution < 1.29 is 9.13 Å². The lowest BCUT2D eigenvalue weighted by Crippen LogP contribution is -2.49. The Morgan fingerprint density at radius 1 is 1.11 bits per heavy atom. The summed E-state index contributed by atoms with van der Waals surface area (Å²) in [6.07, 6.45) is 2.06. The smallest absolute Gasteiger partial charge is 0.253 e. The standard InChI is InChI=1S/C27H30FN7O2/c1-18-4-9-24-19(15-18)16-23(27(36)29-24)25(26-30-31-32-35(26)17-22-3-2-14-37-22)34-12-10-33(11-13-34)21-7-5-20(28)6-8-21/h4-9,15-16,22,25H,2-3,10-14,17H2,1H3,(H,29,36). The Hall–Kier alpha value is -3.63. The largest absolute Gasteiger partial charge is 0.376 e. The second-order valence-electron chi connectivity index (χ2n) is 9.90. The maximum atomic E-state index is 13.4. The van der Waals surface area contributed by atoms with E-state index in [1.807, 2.05) is 25.1 Å². The van der Waals surface area contributed by atoms with Crippen molar-refractivity contribution in [2.45, 2.75) is 38.5 Å². The van der Waals surface area contributed by atoms with Crippen molar-refractivity contribution in [2.75, 3.05) is 37.7 Å². The Morgan fingerprint density at radius 2 is 1.92 bits per heavy atom. The molecule has 9 nitrogen and oxygen atoms in total. The van der Waals surface area contributed by atoms with Gasteiger partial charge < -0.3 is 14.6 Å². The van der Waals surface area contributed by atoms with Gasteiger partial charge in [0.25, 0.3) is 5.56 Å². The number of H-pyrrole nitrogens is 1. The van der Waals surface area contributed by atoms with E-state index < -0.39 is 6.04 Å². The summed E-state index contributed by atoms with van der Waals surface area (Å²) in [6, 6.07) is 14.2. The summed E-state index contributed by atoms with van der Waals surface area (Å²) in [6.45, 7) is 6.21. The summed E-state index contributed by atoms with van der Waals surface area (Å²) >= 11 is 0. The molecule has 0 amide bonds. The van der Waals surface area contributed by atoms with Crippen LogP contribution in [0, 0.1) is 12.7 Å². The predicted octanol–water partition coefficient (Wildman–Crippen LogP) is 3.05. The van der Waals surface area contributed by atoms with Gasteiger partial charge in [-0.1, -0.05) is 11.6 Å². The first-order valence-corrected chi connectivity index (χ1v) is 12.8. The van der Waals surface area contributed by atoms with Crippen molar-refractivity contribution in [1.82, 2.24) is 30.1 Å². The van der Waals surface area contributed by atoms with Crippen molar-refractivity contribution in [2.24, 2.45) is 0 Å². The number of hydrogen-bond acceptors (Lipinski definition) is 7. The summed E-state index contributed by atoms with van der Waals surface area (Å²) in [5.41, 5.74) is 3.39. The van der Waals surface area contributed by atoms with Gasteiger partial charge in [0.2, 0.25) is 0 Å². The van der Waals surface area contributed by atoms with Crippen LogP contribution in [0.5, 0.6) is 0 Å². The zero-order chi connectivity index (χ0) is 25.4. The van der Waals surface area contributed by atoms with Gasteiger partial charge in [-0.25, -0.2) is 9.07 Å². The third kappa shape index (κ3) is 4.86. The Labute approximate surface area is 213 Å². The van der Waals surface area contributed by atoms with E-state index in [9.17, 15) is 9.18 Å². The molecule has 2 aromatic carbocycles. The number of anilines is 1. The van der Waals surface area contributed by atoms with E-state index in [0.717, 1.165) is 54.7 Å². The minimum Gasteiger partial charge on any atom is -0.376 e. The monoisotopic (exact) mass is 503 g/mol. The molecule has 6 rings (SSSR count). The second-order valence-corrected chi connectivity index (χ2v) is 9.90. The number of tetrazole rings is 1. The lowest BCUT2D eigenvalue weighted by atomic mass is 10.0. The van der Waals surface area contributed by atoms with Gasteiger partial charge in [0.05, 0.1) is 12.6 Å². The van der Waals surface area contributed by atoms with Crippen LogP contribution in [0.3, 0.4) is 0 Å². The molecular formula is C27H30FN7O2. The van der Waals surface area contributed by atoms with Gasteiger partial charge in [-0.3, -0.25) is 9.69 Å². The molecule has 4 heterocycles. The van der Waals surface area contributed by atoms with Crippen LogP contribution in [0.4, 0.5) is 10.1 Å². The molecule has 2 aliphatic rings. The quantitative estimate of drug-likeness (QED) is 0.432. The topological polar surface area (TPSA) is 92.2 Å². The second kappa shape index (κ2) is 10.0.